The highest BCUT2D eigenvalue weighted by Gasteiger charge is 2.16. The lowest BCUT2D eigenvalue weighted by atomic mass is 10.1. The summed E-state index contributed by atoms with van der Waals surface area (Å²) in [5.41, 5.74) is 3.36. The first-order valence-corrected chi connectivity index (χ1v) is 6.15. The molecule has 96 valence electrons. The van der Waals surface area contributed by atoms with Gasteiger partial charge in [0.15, 0.2) is 0 Å². The Morgan fingerprint density at radius 1 is 1.44 bits per heavy atom. The second kappa shape index (κ2) is 5.08. The highest BCUT2D eigenvalue weighted by atomic mass is 35.5. The van der Waals surface area contributed by atoms with Crippen LogP contribution < -0.4 is 0 Å². The summed E-state index contributed by atoms with van der Waals surface area (Å²) >= 11 is 6.17. The molecule has 0 aromatic carbocycles. The molecule has 0 fully saturated rings. The zero-order chi connectivity index (χ0) is 13.3. The first-order chi connectivity index (χ1) is 8.49. The van der Waals surface area contributed by atoms with Crippen LogP contribution in [0.1, 0.15) is 28.7 Å². The summed E-state index contributed by atoms with van der Waals surface area (Å²) in [6.07, 6.45) is 1.54. The average molecular weight is 266 g/mol. The van der Waals surface area contributed by atoms with Crippen LogP contribution in [0.5, 0.6) is 0 Å². The Kier molecular flexibility index (Phi) is 3.68. The Labute approximate surface area is 111 Å². The molecule has 0 aliphatic rings. The summed E-state index contributed by atoms with van der Waals surface area (Å²) < 4.78 is 1.72. The molecule has 0 spiro atoms. The van der Waals surface area contributed by atoms with E-state index < -0.39 is 6.10 Å². The lowest BCUT2D eigenvalue weighted by Gasteiger charge is -2.12. The van der Waals surface area contributed by atoms with Crippen LogP contribution in [-0.2, 0) is 13.5 Å². The van der Waals surface area contributed by atoms with E-state index in [2.05, 4.69) is 10.1 Å². The lowest BCUT2D eigenvalue weighted by Crippen LogP contribution is -2.07. The van der Waals surface area contributed by atoms with Gasteiger partial charge in [-0.25, -0.2) is 0 Å². The molecule has 1 unspecified atom stereocenters. The number of aromatic nitrogens is 3. The zero-order valence-corrected chi connectivity index (χ0v) is 11.4. The van der Waals surface area contributed by atoms with Gasteiger partial charge < -0.3 is 5.11 Å². The molecule has 0 amide bonds. The van der Waals surface area contributed by atoms with Crippen molar-refractivity contribution in [2.45, 2.75) is 26.4 Å². The third-order valence-corrected chi connectivity index (χ3v) is 3.45. The normalized spacial score (nSPS) is 12.7. The number of rotatable bonds is 3. The largest absolute Gasteiger partial charge is 0.388 e. The van der Waals surface area contributed by atoms with Gasteiger partial charge in [0.2, 0.25) is 0 Å². The molecule has 0 saturated heterocycles. The van der Waals surface area contributed by atoms with E-state index in [1.165, 1.54) is 0 Å². The molecular formula is C13H16ClN3O. The Hall–Kier alpha value is -1.39. The molecule has 1 atom stereocenters. The van der Waals surface area contributed by atoms with E-state index in [9.17, 15) is 5.11 Å². The van der Waals surface area contributed by atoms with E-state index in [0.717, 1.165) is 22.6 Å². The molecule has 5 heteroatoms. The fourth-order valence-corrected chi connectivity index (χ4v) is 2.21. The number of aryl methyl sites for hydroxylation is 3. The number of aliphatic hydroxyl groups is 1. The molecule has 2 rings (SSSR count). The van der Waals surface area contributed by atoms with Crippen LogP contribution in [0.2, 0.25) is 5.02 Å². The third kappa shape index (κ3) is 2.54. The van der Waals surface area contributed by atoms with Crippen molar-refractivity contribution >= 4 is 11.6 Å². The van der Waals surface area contributed by atoms with Crippen LogP contribution in [0.15, 0.2) is 18.3 Å². The van der Waals surface area contributed by atoms with Crippen molar-refractivity contribution < 1.29 is 5.11 Å². The first-order valence-electron chi connectivity index (χ1n) is 5.77. The van der Waals surface area contributed by atoms with Crippen LogP contribution in [-0.4, -0.2) is 19.9 Å². The van der Waals surface area contributed by atoms with Crippen molar-refractivity contribution in [1.29, 1.82) is 0 Å². The van der Waals surface area contributed by atoms with E-state index >= 15 is 0 Å². The molecule has 1 N–H and O–H groups in total. The molecule has 2 aromatic rings. The van der Waals surface area contributed by atoms with E-state index in [1.807, 2.05) is 33.0 Å². The Balaban J connectivity index is 2.24. The molecule has 2 aromatic heterocycles. The minimum absolute atomic E-state index is 0.444. The van der Waals surface area contributed by atoms with Gasteiger partial charge in [-0.15, -0.1) is 0 Å². The summed E-state index contributed by atoms with van der Waals surface area (Å²) in [6.45, 7) is 3.76. The van der Waals surface area contributed by atoms with Gasteiger partial charge in [0, 0.05) is 25.4 Å². The predicted molar refractivity (Wildman–Crippen MR) is 70.6 cm³/mol. The van der Waals surface area contributed by atoms with Gasteiger partial charge >= 0.3 is 0 Å². The minimum atomic E-state index is -0.598. The topological polar surface area (TPSA) is 50.9 Å². The molecule has 0 bridgehead atoms. The monoisotopic (exact) mass is 265 g/mol. The van der Waals surface area contributed by atoms with Gasteiger partial charge in [-0.2, -0.15) is 5.10 Å². The average Bonchev–Trinajstić information content (AvgIpc) is 2.56. The maximum absolute atomic E-state index is 10.2. The maximum Gasteiger partial charge on any atom is 0.0848 e. The summed E-state index contributed by atoms with van der Waals surface area (Å²) in [7, 11) is 1.83. The summed E-state index contributed by atoms with van der Waals surface area (Å²) in [5, 5.41) is 15.1. The lowest BCUT2D eigenvalue weighted by molar-refractivity contribution is 0.175. The number of pyridine rings is 1. The van der Waals surface area contributed by atoms with Crippen LogP contribution in [0.25, 0.3) is 0 Å². The summed E-state index contributed by atoms with van der Waals surface area (Å²) in [4.78, 5) is 4.11. The fraction of sp³-hybridized carbons (Fsp3) is 0.385. The van der Waals surface area contributed by atoms with Crippen molar-refractivity contribution in [1.82, 2.24) is 14.8 Å². The molecule has 0 radical (unpaired) electrons. The number of nitrogens with zero attached hydrogens (tertiary/aromatic N) is 3. The third-order valence-electron chi connectivity index (χ3n) is 2.95. The Bertz CT molecular complexity index is 565. The molecule has 18 heavy (non-hydrogen) atoms. The Morgan fingerprint density at radius 3 is 2.72 bits per heavy atom. The highest BCUT2D eigenvalue weighted by Crippen LogP contribution is 2.25. The van der Waals surface area contributed by atoms with Crippen LogP contribution in [0.4, 0.5) is 0 Å². The van der Waals surface area contributed by atoms with Crippen molar-refractivity contribution in [3.8, 4) is 0 Å². The Morgan fingerprint density at radius 2 is 2.17 bits per heavy atom. The smallest absolute Gasteiger partial charge is 0.0848 e. The van der Waals surface area contributed by atoms with Crippen LogP contribution in [0.3, 0.4) is 0 Å². The van der Waals surface area contributed by atoms with Crippen molar-refractivity contribution in [3.63, 3.8) is 0 Å². The van der Waals surface area contributed by atoms with Crippen molar-refractivity contribution in [3.05, 3.63) is 46.0 Å². The van der Waals surface area contributed by atoms with Crippen LogP contribution in [0, 0.1) is 13.8 Å². The van der Waals surface area contributed by atoms with E-state index in [0.29, 0.717) is 11.4 Å². The fourth-order valence-electron chi connectivity index (χ4n) is 1.98. The number of hydrogen-bond acceptors (Lipinski definition) is 3. The van der Waals surface area contributed by atoms with Gasteiger partial charge in [0.1, 0.15) is 0 Å². The zero-order valence-electron chi connectivity index (χ0n) is 10.7. The number of halogens is 1. The summed E-state index contributed by atoms with van der Waals surface area (Å²) in [6, 6.07) is 3.69. The second-order valence-corrected chi connectivity index (χ2v) is 4.80. The number of hydrogen-bond donors (Lipinski definition) is 1. The van der Waals surface area contributed by atoms with E-state index in [1.54, 1.807) is 10.9 Å². The SMILES string of the molecule is Cc1cc(C(O)Cc2c(Cl)c(C)nn2C)ccn1. The quantitative estimate of drug-likeness (QED) is 0.927. The van der Waals surface area contributed by atoms with Gasteiger partial charge in [0.05, 0.1) is 22.5 Å². The predicted octanol–water partition coefficient (Wildman–Crippen LogP) is 2.36. The standard InChI is InChI=1S/C13H16ClN3O/c1-8-6-10(4-5-15-8)12(18)7-11-13(14)9(2)16-17(11)3/h4-6,12,18H,7H2,1-3H3. The van der Waals surface area contributed by atoms with Crippen molar-refractivity contribution in [2.75, 3.05) is 0 Å². The van der Waals surface area contributed by atoms with Gasteiger partial charge in [0.25, 0.3) is 0 Å². The van der Waals surface area contributed by atoms with Crippen LogP contribution >= 0.6 is 11.6 Å². The highest BCUT2D eigenvalue weighted by molar-refractivity contribution is 6.31. The molecule has 2 heterocycles. The van der Waals surface area contributed by atoms with E-state index in [-0.39, 0.29) is 0 Å². The molecular weight excluding hydrogens is 250 g/mol. The molecule has 0 aliphatic heterocycles. The van der Waals surface area contributed by atoms with Gasteiger partial charge in [-0.05, 0) is 31.5 Å². The summed E-state index contributed by atoms with van der Waals surface area (Å²) in [5.74, 6) is 0. The molecule has 0 aliphatic carbocycles. The first kappa shape index (κ1) is 13.1. The molecule has 0 saturated carbocycles. The van der Waals surface area contributed by atoms with Gasteiger partial charge in [-0.3, -0.25) is 9.67 Å². The minimum Gasteiger partial charge on any atom is -0.388 e. The maximum atomic E-state index is 10.2. The van der Waals surface area contributed by atoms with Gasteiger partial charge in [-0.1, -0.05) is 11.6 Å². The second-order valence-electron chi connectivity index (χ2n) is 4.42. The molecule has 4 nitrogen and oxygen atoms in total. The van der Waals surface area contributed by atoms with E-state index in [4.69, 9.17) is 11.6 Å². The number of aliphatic hydroxyl groups excluding tert-OH is 1. The van der Waals surface area contributed by atoms with Crippen molar-refractivity contribution in [2.24, 2.45) is 7.05 Å².